The lowest BCUT2D eigenvalue weighted by molar-refractivity contribution is -0.384. The maximum Gasteiger partial charge on any atom is 0.309 e. The molecule has 1 saturated heterocycles. The smallest absolute Gasteiger partial charge is 0.309 e. The van der Waals surface area contributed by atoms with Crippen LogP contribution in [0.5, 0.6) is 0 Å². The second kappa shape index (κ2) is 7.72. The minimum atomic E-state index is -0.458. The average Bonchev–Trinajstić information content (AvgIpc) is 3.45. The van der Waals surface area contributed by atoms with Gasteiger partial charge in [-0.05, 0) is 44.7 Å². The van der Waals surface area contributed by atoms with E-state index in [4.69, 9.17) is 4.74 Å². The Balaban J connectivity index is 1.72. The molecule has 8 nitrogen and oxygen atoms in total. The SMILES string of the molecule is CCOC(=O)C1CCN(c2ccc(C(=O)NC3CC3)cc2[N+](=O)[O-])CC1. The minimum Gasteiger partial charge on any atom is -0.466 e. The lowest BCUT2D eigenvalue weighted by atomic mass is 9.96. The Hall–Kier alpha value is -2.64. The highest BCUT2D eigenvalue weighted by Crippen LogP contribution is 2.33. The lowest BCUT2D eigenvalue weighted by Crippen LogP contribution is -2.37. The molecule has 1 aliphatic carbocycles. The summed E-state index contributed by atoms with van der Waals surface area (Å²) in [6, 6.07) is 4.79. The van der Waals surface area contributed by atoms with Gasteiger partial charge in [-0.25, -0.2) is 0 Å². The van der Waals surface area contributed by atoms with E-state index < -0.39 is 4.92 Å². The lowest BCUT2D eigenvalue weighted by Gasteiger charge is -2.32. The molecule has 0 atom stereocenters. The van der Waals surface area contributed by atoms with Gasteiger partial charge in [-0.3, -0.25) is 19.7 Å². The van der Waals surface area contributed by atoms with E-state index in [-0.39, 0.29) is 29.5 Å². The number of hydrogen-bond acceptors (Lipinski definition) is 6. The predicted molar refractivity (Wildman–Crippen MR) is 95.2 cm³/mol. The molecular weight excluding hydrogens is 338 g/mol. The molecule has 1 N–H and O–H groups in total. The standard InChI is InChI=1S/C18H23N3O5/c1-2-26-18(23)12-7-9-20(10-8-12)15-6-3-13(11-16(15)21(24)25)17(22)19-14-4-5-14/h3,6,11-12,14H,2,4-5,7-10H2,1H3,(H,19,22). The third kappa shape index (κ3) is 4.12. The number of nitro benzene ring substituents is 1. The Morgan fingerprint density at radius 1 is 1.27 bits per heavy atom. The van der Waals surface area contributed by atoms with Crippen LogP contribution in [0.2, 0.25) is 0 Å². The van der Waals surface area contributed by atoms with E-state index >= 15 is 0 Å². The van der Waals surface area contributed by atoms with Crippen LogP contribution in [0.3, 0.4) is 0 Å². The van der Waals surface area contributed by atoms with Crippen LogP contribution in [0.4, 0.5) is 11.4 Å². The highest BCUT2D eigenvalue weighted by molar-refractivity contribution is 5.96. The average molecular weight is 361 g/mol. The van der Waals surface area contributed by atoms with Crippen LogP contribution in [-0.4, -0.2) is 42.5 Å². The van der Waals surface area contributed by atoms with E-state index in [9.17, 15) is 19.7 Å². The van der Waals surface area contributed by atoms with Crippen molar-refractivity contribution in [2.75, 3.05) is 24.6 Å². The summed E-state index contributed by atoms with van der Waals surface area (Å²) in [6.45, 7) is 3.21. The van der Waals surface area contributed by atoms with E-state index in [2.05, 4.69) is 5.32 Å². The van der Waals surface area contributed by atoms with Gasteiger partial charge in [0.2, 0.25) is 0 Å². The van der Waals surface area contributed by atoms with E-state index in [1.807, 2.05) is 4.90 Å². The van der Waals surface area contributed by atoms with Gasteiger partial charge in [-0.1, -0.05) is 0 Å². The molecule has 1 aliphatic heterocycles. The van der Waals surface area contributed by atoms with Crippen LogP contribution < -0.4 is 10.2 Å². The highest BCUT2D eigenvalue weighted by atomic mass is 16.6. The van der Waals surface area contributed by atoms with Crippen molar-refractivity contribution in [3.8, 4) is 0 Å². The number of esters is 1. The van der Waals surface area contributed by atoms with Crippen molar-refractivity contribution < 1.29 is 19.2 Å². The maximum absolute atomic E-state index is 12.1. The van der Waals surface area contributed by atoms with Gasteiger partial charge in [-0.2, -0.15) is 0 Å². The highest BCUT2D eigenvalue weighted by Gasteiger charge is 2.30. The van der Waals surface area contributed by atoms with Gasteiger partial charge in [-0.15, -0.1) is 0 Å². The summed E-state index contributed by atoms with van der Waals surface area (Å²) < 4.78 is 5.05. The third-order valence-electron chi connectivity index (χ3n) is 4.80. The van der Waals surface area contributed by atoms with Gasteiger partial charge in [0, 0.05) is 30.8 Å². The van der Waals surface area contributed by atoms with Crippen molar-refractivity contribution in [3.63, 3.8) is 0 Å². The first-order valence-electron chi connectivity index (χ1n) is 9.00. The number of amides is 1. The monoisotopic (exact) mass is 361 g/mol. The molecule has 1 saturated carbocycles. The van der Waals surface area contributed by atoms with Gasteiger partial charge in [0.05, 0.1) is 17.4 Å². The van der Waals surface area contributed by atoms with E-state index in [0.717, 1.165) is 12.8 Å². The molecule has 2 fully saturated rings. The number of ether oxygens (including phenoxy) is 1. The Morgan fingerprint density at radius 3 is 2.54 bits per heavy atom. The van der Waals surface area contributed by atoms with Gasteiger partial charge in [0.1, 0.15) is 5.69 Å². The van der Waals surface area contributed by atoms with Crippen molar-refractivity contribution in [2.24, 2.45) is 5.92 Å². The molecule has 0 bridgehead atoms. The van der Waals surface area contributed by atoms with Crippen LogP contribution in [0.1, 0.15) is 43.0 Å². The zero-order valence-corrected chi connectivity index (χ0v) is 14.8. The Kier molecular flexibility index (Phi) is 5.39. The summed E-state index contributed by atoms with van der Waals surface area (Å²) in [7, 11) is 0. The van der Waals surface area contributed by atoms with Crippen LogP contribution in [0, 0.1) is 16.0 Å². The van der Waals surface area contributed by atoms with Crippen molar-refractivity contribution in [3.05, 3.63) is 33.9 Å². The number of nitro groups is 1. The predicted octanol–water partition coefficient (Wildman–Crippen LogP) is 2.27. The number of anilines is 1. The summed E-state index contributed by atoms with van der Waals surface area (Å²) in [4.78, 5) is 36.9. The van der Waals surface area contributed by atoms with Crippen LogP contribution in [-0.2, 0) is 9.53 Å². The quantitative estimate of drug-likeness (QED) is 0.474. The van der Waals surface area contributed by atoms with Gasteiger partial charge in [0.25, 0.3) is 11.6 Å². The van der Waals surface area contributed by atoms with E-state index in [1.165, 1.54) is 6.07 Å². The summed E-state index contributed by atoms with van der Waals surface area (Å²) in [5.41, 5.74) is 0.706. The second-order valence-electron chi connectivity index (χ2n) is 6.72. The number of carbonyl (C=O) groups excluding carboxylic acids is 2. The number of benzene rings is 1. The largest absolute Gasteiger partial charge is 0.466 e. The number of piperidine rings is 1. The molecule has 2 aliphatic rings. The summed E-state index contributed by atoms with van der Waals surface area (Å²) in [5, 5.41) is 14.3. The van der Waals surface area contributed by atoms with Crippen molar-refractivity contribution in [1.29, 1.82) is 0 Å². The topological polar surface area (TPSA) is 102 Å². The molecule has 1 heterocycles. The first kappa shape index (κ1) is 18.2. The molecule has 8 heteroatoms. The first-order valence-corrected chi connectivity index (χ1v) is 9.00. The molecule has 1 amide bonds. The normalized spacial score (nSPS) is 17.7. The Bertz CT molecular complexity index is 709. The maximum atomic E-state index is 12.1. The van der Waals surface area contributed by atoms with Gasteiger partial charge < -0.3 is 15.0 Å². The number of hydrogen-bond donors (Lipinski definition) is 1. The Labute approximate surface area is 151 Å². The second-order valence-corrected chi connectivity index (χ2v) is 6.72. The molecule has 1 aromatic rings. The molecule has 26 heavy (non-hydrogen) atoms. The van der Waals surface area contributed by atoms with Crippen LogP contribution in [0.25, 0.3) is 0 Å². The number of nitrogens with one attached hydrogen (secondary N) is 1. The van der Waals surface area contributed by atoms with Gasteiger partial charge in [0.15, 0.2) is 0 Å². The summed E-state index contributed by atoms with van der Waals surface area (Å²) in [5.74, 6) is -0.634. The molecule has 3 rings (SSSR count). The van der Waals surface area contributed by atoms with Crippen LogP contribution >= 0.6 is 0 Å². The molecule has 0 aromatic heterocycles. The number of nitrogens with zero attached hydrogens (tertiary/aromatic N) is 2. The van der Waals surface area contributed by atoms with Gasteiger partial charge >= 0.3 is 5.97 Å². The van der Waals surface area contributed by atoms with E-state index in [1.54, 1.807) is 19.1 Å². The number of carbonyl (C=O) groups is 2. The fraction of sp³-hybridized carbons (Fsp3) is 0.556. The van der Waals surface area contributed by atoms with Crippen molar-refractivity contribution in [1.82, 2.24) is 5.32 Å². The Morgan fingerprint density at radius 2 is 1.96 bits per heavy atom. The molecule has 0 unspecified atom stereocenters. The fourth-order valence-electron chi connectivity index (χ4n) is 3.19. The van der Waals surface area contributed by atoms with E-state index in [0.29, 0.717) is 43.8 Å². The first-order chi connectivity index (χ1) is 12.5. The molecule has 140 valence electrons. The molecule has 0 radical (unpaired) electrons. The molecule has 1 aromatic carbocycles. The molecular formula is C18H23N3O5. The number of rotatable bonds is 6. The summed E-state index contributed by atoms with van der Waals surface area (Å²) >= 11 is 0. The summed E-state index contributed by atoms with van der Waals surface area (Å²) in [6.07, 6.45) is 3.11. The van der Waals surface area contributed by atoms with Crippen LogP contribution in [0.15, 0.2) is 18.2 Å². The zero-order chi connectivity index (χ0) is 18.7. The van der Waals surface area contributed by atoms with Crippen molar-refractivity contribution in [2.45, 2.75) is 38.6 Å². The third-order valence-corrected chi connectivity index (χ3v) is 4.80. The zero-order valence-electron chi connectivity index (χ0n) is 14.8. The molecule has 0 spiro atoms. The minimum absolute atomic E-state index is 0.0805. The fourth-order valence-corrected chi connectivity index (χ4v) is 3.19. The van der Waals surface area contributed by atoms with Crippen molar-refractivity contribution >= 4 is 23.3 Å².